The van der Waals surface area contributed by atoms with E-state index in [-0.39, 0.29) is 18.4 Å². The van der Waals surface area contributed by atoms with Crippen molar-refractivity contribution in [2.75, 3.05) is 5.73 Å². The van der Waals surface area contributed by atoms with Crippen LogP contribution in [-0.2, 0) is 6.61 Å². The van der Waals surface area contributed by atoms with Gasteiger partial charge in [0, 0.05) is 18.0 Å². The maximum absolute atomic E-state index is 12.7. The van der Waals surface area contributed by atoms with Crippen LogP contribution in [0.1, 0.15) is 5.56 Å². The van der Waals surface area contributed by atoms with Crippen molar-refractivity contribution >= 4 is 5.82 Å². The molecule has 0 amide bonds. The molecule has 5 nitrogen and oxygen atoms in total. The van der Waals surface area contributed by atoms with Gasteiger partial charge < -0.3 is 10.5 Å². The number of anilines is 1. The molecule has 2 N–H and O–H groups in total. The Labute approximate surface area is 91.1 Å². The normalized spacial score (nSPS) is 10.1. The quantitative estimate of drug-likeness (QED) is 0.840. The first-order chi connectivity index (χ1) is 7.75. The Balaban J connectivity index is 2.03. The number of nitrogens with zero attached hydrogens (tertiary/aromatic N) is 3. The first-order valence-electron chi connectivity index (χ1n) is 4.55. The van der Waals surface area contributed by atoms with Crippen molar-refractivity contribution in [2.24, 2.45) is 0 Å². The molecule has 16 heavy (non-hydrogen) atoms. The largest absolute Gasteiger partial charge is 0.458 e. The van der Waals surface area contributed by atoms with Crippen molar-refractivity contribution in [1.29, 1.82) is 0 Å². The number of ether oxygens (including phenoxy) is 1. The van der Waals surface area contributed by atoms with Crippen LogP contribution in [0.3, 0.4) is 0 Å². The molecule has 0 unspecified atom stereocenters. The highest BCUT2D eigenvalue weighted by Gasteiger charge is 2.04. The predicted molar refractivity (Wildman–Crippen MR) is 55.0 cm³/mol. The zero-order chi connectivity index (χ0) is 11.4. The van der Waals surface area contributed by atoms with Gasteiger partial charge in [0.05, 0.1) is 6.20 Å². The summed E-state index contributed by atoms with van der Waals surface area (Å²) in [6.45, 7) is 0.263. The molecule has 82 valence electrons. The number of hydrogen-bond donors (Lipinski definition) is 1. The average molecular weight is 220 g/mol. The van der Waals surface area contributed by atoms with E-state index in [1.54, 1.807) is 18.5 Å². The van der Waals surface area contributed by atoms with E-state index in [4.69, 9.17) is 10.5 Å². The maximum atomic E-state index is 12.7. The van der Waals surface area contributed by atoms with Crippen molar-refractivity contribution in [1.82, 2.24) is 15.0 Å². The zero-order valence-corrected chi connectivity index (χ0v) is 8.30. The van der Waals surface area contributed by atoms with Gasteiger partial charge in [-0.1, -0.05) is 6.07 Å². The van der Waals surface area contributed by atoms with Crippen molar-refractivity contribution in [2.45, 2.75) is 6.61 Å². The Kier molecular flexibility index (Phi) is 2.90. The van der Waals surface area contributed by atoms with E-state index < -0.39 is 5.82 Å². The highest BCUT2D eigenvalue weighted by atomic mass is 19.1. The van der Waals surface area contributed by atoms with Crippen LogP contribution in [0.25, 0.3) is 0 Å². The van der Waals surface area contributed by atoms with Gasteiger partial charge in [0.15, 0.2) is 11.6 Å². The topological polar surface area (TPSA) is 73.9 Å². The van der Waals surface area contributed by atoms with Crippen LogP contribution >= 0.6 is 0 Å². The zero-order valence-electron chi connectivity index (χ0n) is 8.30. The number of rotatable bonds is 3. The molecule has 0 saturated carbocycles. The molecule has 0 aliphatic heterocycles. The minimum Gasteiger partial charge on any atom is -0.458 e. The van der Waals surface area contributed by atoms with Crippen molar-refractivity contribution in [3.05, 3.63) is 42.1 Å². The second kappa shape index (κ2) is 4.52. The van der Waals surface area contributed by atoms with Gasteiger partial charge in [0.2, 0.25) is 0 Å². The summed E-state index contributed by atoms with van der Waals surface area (Å²) in [5.41, 5.74) is 6.14. The Hall–Kier alpha value is -2.24. The summed E-state index contributed by atoms with van der Waals surface area (Å²) in [5.74, 6) is -0.884. The minimum absolute atomic E-state index is 0.0442. The molecular weight excluding hydrogens is 211 g/mol. The third-order valence-corrected chi connectivity index (χ3v) is 1.84. The fourth-order valence-electron chi connectivity index (χ4n) is 1.06. The van der Waals surface area contributed by atoms with E-state index in [1.165, 1.54) is 0 Å². The molecule has 0 aromatic carbocycles. The lowest BCUT2D eigenvalue weighted by molar-refractivity contribution is 0.279. The van der Waals surface area contributed by atoms with Gasteiger partial charge in [-0.3, -0.25) is 4.98 Å². The van der Waals surface area contributed by atoms with Crippen LogP contribution in [0.4, 0.5) is 10.2 Å². The molecule has 0 bridgehead atoms. The number of nitrogens with two attached hydrogens (primary N) is 1. The van der Waals surface area contributed by atoms with Crippen LogP contribution in [0.15, 0.2) is 30.7 Å². The first-order valence-corrected chi connectivity index (χ1v) is 4.55. The van der Waals surface area contributed by atoms with E-state index in [9.17, 15) is 4.39 Å². The maximum Gasteiger partial charge on any atom is 0.318 e. The van der Waals surface area contributed by atoms with Crippen LogP contribution in [0.5, 0.6) is 6.01 Å². The standard InChI is InChI=1S/C10H9FN4O/c11-8-5-14-10(15-9(8)12)16-6-7-2-1-3-13-4-7/h1-5H,6H2,(H2,12,14,15). The van der Waals surface area contributed by atoms with Gasteiger partial charge in [-0.2, -0.15) is 4.98 Å². The molecule has 2 aromatic rings. The summed E-state index contributed by atoms with van der Waals surface area (Å²) >= 11 is 0. The number of hydrogen-bond acceptors (Lipinski definition) is 5. The van der Waals surface area contributed by atoms with E-state index in [1.807, 2.05) is 6.07 Å². The average Bonchev–Trinajstić information content (AvgIpc) is 2.32. The fourth-order valence-corrected chi connectivity index (χ4v) is 1.06. The SMILES string of the molecule is Nc1nc(OCc2cccnc2)ncc1F. The molecule has 2 aromatic heterocycles. The van der Waals surface area contributed by atoms with Gasteiger partial charge in [0.1, 0.15) is 6.61 Å². The fraction of sp³-hybridized carbons (Fsp3) is 0.100. The van der Waals surface area contributed by atoms with Crippen LogP contribution in [0.2, 0.25) is 0 Å². The lowest BCUT2D eigenvalue weighted by Crippen LogP contribution is -2.03. The Morgan fingerprint density at radius 2 is 2.25 bits per heavy atom. The van der Waals surface area contributed by atoms with Crippen molar-refractivity contribution in [3.63, 3.8) is 0 Å². The van der Waals surface area contributed by atoms with Gasteiger partial charge >= 0.3 is 6.01 Å². The predicted octanol–water partition coefficient (Wildman–Crippen LogP) is 1.17. The molecule has 0 radical (unpaired) electrons. The lowest BCUT2D eigenvalue weighted by Gasteiger charge is -2.04. The van der Waals surface area contributed by atoms with E-state index in [0.717, 1.165) is 11.8 Å². The second-order valence-electron chi connectivity index (χ2n) is 3.04. The lowest BCUT2D eigenvalue weighted by atomic mass is 10.3. The molecule has 0 aliphatic carbocycles. The molecule has 0 spiro atoms. The summed E-state index contributed by atoms with van der Waals surface area (Å²) in [6.07, 6.45) is 4.30. The Bertz CT molecular complexity index is 478. The Morgan fingerprint density at radius 3 is 2.94 bits per heavy atom. The molecule has 0 aliphatic rings. The summed E-state index contributed by atoms with van der Waals surface area (Å²) < 4.78 is 18.0. The number of halogens is 1. The number of pyridine rings is 1. The highest BCUT2D eigenvalue weighted by Crippen LogP contribution is 2.10. The molecule has 6 heteroatoms. The molecule has 0 atom stereocenters. The van der Waals surface area contributed by atoms with E-state index >= 15 is 0 Å². The van der Waals surface area contributed by atoms with E-state index in [2.05, 4.69) is 15.0 Å². The van der Waals surface area contributed by atoms with E-state index in [0.29, 0.717) is 0 Å². The van der Waals surface area contributed by atoms with Crippen LogP contribution < -0.4 is 10.5 Å². The number of aromatic nitrogens is 3. The van der Waals surface area contributed by atoms with Crippen molar-refractivity contribution in [3.8, 4) is 6.01 Å². The smallest absolute Gasteiger partial charge is 0.318 e. The van der Waals surface area contributed by atoms with Crippen LogP contribution in [-0.4, -0.2) is 15.0 Å². The summed E-state index contributed by atoms with van der Waals surface area (Å²) in [7, 11) is 0. The number of nitrogen functional groups attached to an aromatic ring is 1. The molecule has 0 fully saturated rings. The molecule has 0 saturated heterocycles. The second-order valence-corrected chi connectivity index (χ2v) is 3.04. The summed E-state index contributed by atoms with van der Waals surface area (Å²) in [5, 5.41) is 0. The van der Waals surface area contributed by atoms with Gasteiger partial charge in [-0.05, 0) is 6.07 Å². The first kappa shape index (κ1) is 10.3. The van der Waals surface area contributed by atoms with Crippen molar-refractivity contribution < 1.29 is 9.13 Å². The highest BCUT2D eigenvalue weighted by molar-refractivity contribution is 5.29. The summed E-state index contributed by atoms with van der Waals surface area (Å²) in [4.78, 5) is 11.2. The monoisotopic (exact) mass is 220 g/mol. The van der Waals surface area contributed by atoms with Crippen LogP contribution in [0, 0.1) is 5.82 Å². The van der Waals surface area contributed by atoms with Gasteiger partial charge in [-0.15, -0.1) is 0 Å². The third kappa shape index (κ3) is 2.41. The van der Waals surface area contributed by atoms with Gasteiger partial charge in [0.25, 0.3) is 0 Å². The Morgan fingerprint density at radius 1 is 1.38 bits per heavy atom. The molecule has 2 heterocycles. The summed E-state index contributed by atoms with van der Waals surface area (Å²) in [6, 6.07) is 3.68. The van der Waals surface area contributed by atoms with Gasteiger partial charge in [-0.25, -0.2) is 9.37 Å². The molecular formula is C10H9FN4O. The minimum atomic E-state index is -0.659. The molecule has 2 rings (SSSR count). The third-order valence-electron chi connectivity index (χ3n) is 1.84.